The average Bonchev–Trinajstić information content (AvgIpc) is 3.50. The van der Waals surface area contributed by atoms with Gasteiger partial charge in [-0.25, -0.2) is 4.39 Å². The first-order valence-electron chi connectivity index (χ1n) is 11.2. The number of piperidine rings is 1. The number of aromatic nitrogens is 2. The quantitative estimate of drug-likeness (QED) is 0.700. The maximum atomic E-state index is 14.4. The lowest BCUT2D eigenvalue weighted by Crippen LogP contribution is -2.42. The van der Waals surface area contributed by atoms with Crippen molar-refractivity contribution in [2.75, 3.05) is 23.7 Å². The molecule has 0 spiro atoms. The molecule has 166 valence electrons. The van der Waals surface area contributed by atoms with Gasteiger partial charge < -0.3 is 10.6 Å². The van der Waals surface area contributed by atoms with Crippen LogP contribution >= 0.6 is 0 Å². The van der Waals surface area contributed by atoms with Crippen LogP contribution in [0.3, 0.4) is 0 Å². The molecule has 31 heavy (non-hydrogen) atoms. The number of carbonyl (C=O) groups is 2. The second-order valence-electron chi connectivity index (χ2n) is 8.55. The van der Waals surface area contributed by atoms with Crippen LogP contribution in [0.15, 0.2) is 24.4 Å². The lowest BCUT2D eigenvalue weighted by atomic mass is 10.0. The number of hydrogen-bond acceptors (Lipinski definition) is 4. The summed E-state index contributed by atoms with van der Waals surface area (Å²) in [5.41, 5.74) is 1.90. The summed E-state index contributed by atoms with van der Waals surface area (Å²) in [7, 11) is 0. The highest BCUT2D eigenvalue weighted by Crippen LogP contribution is 2.41. The molecule has 2 heterocycles. The first kappa shape index (κ1) is 21.5. The molecule has 4 rings (SSSR count). The van der Waals surface area contributed by atoms with Crippen molar-refractivity contribution in [3.8, 4) is 0 Å². The van der Waals surface area contributed by atoms with E-state index >= 15 is 0 Å². The fraction of sp³-hybridized carbons (Fsp3) is 0.522. The molecule has 1 aromatic heterocycles. The van der Waals surface area contributed by atoms with Crippen molar-refractivity contribution in [2.24, 2.45) is 0 Å². The summed E-state index contributed by atoms with van der Waals surface area (Å²) in [6.07, 6.45) is 7.02. The van der Waals surface area contributed by atoms with E-state index in [1.807, 2.05) is 11.6 Å². The third-order valence-electron chi connectivity index (χ3n) is 6.17. The summed E-state index contributed by atoms with van der Waals surface area (Å²) >= 11 is 0. The van der Waals surface area contributed by atoms with Crippen LogP contribution in [0, 0.1) is 5.82 Å². The van der Waals surface area contributed by atoms with E-state index in [1.54, 1.807) is 6.20 Å². The van der Waals surface area contributed by atoms with E-state index in [1.165, 1.54) is 24.6 Å². The first-order chi connectivity index (χ1) is 15.0. The van der Waals surface area contributed by atoms with Crippen LogP contribution in [0.4, 0.5) is 15.8 Å². The maximum absolute atomic E-state index is 14.4. The van der Waals surface area contributed by atoms with E-state index < -0.39 is 5.82 Å². The van der Waals surface area contributed by atoms with Gasteiger partial charge in [-0.3, -0.25) is 19.2 Å². The van der Waals surface area contributed by atoms with E-state index in [0.717, 1.165) is 37.9 Å². The molecule has 2 N–H and O–H groups in total. The van der Waals surface area contributed by atoms with Crippen LogP contribution in [-0.2, 0) is 11.3 Å². The number of halogens is 1. The fourth-order valence-corrected chi connectivity index (χ4v) is 4.28. The molecule has 2 aliphatic rings. The summed E-state index contributed by atoms with van der Waals surface area (Å²) in [5, 5.41) is 9.79. The Balaban J connectivity index is 1.44. The molecule has 2 fully saturated rings. The minimum absolute atomic E-state index is 0.0418. The molecule has 8 heteroatoms. The molecule has 1 atom stereocenters. The average molecular weight is 428 g/mol. The number of rotatable bonds is 7. The van der Waals surface area contributed by atoms with Crippen LogP contribution in [0.5, 0.6) is 0 Å². The minimum Gasteiger partial charge on any atom is -0.325 e. The maximum Gasteiger partial charge on any atom is 0.259 e. The summed E-state index contributed by atoms with van der Waals surface area (Å²) in [6, 6.07) is 4.61. The highest BCUT2D eigenvalue weighted by atomic mass is 19.1. The van der Waals surface area contributed by atoms with E-state index in [4.69, 9.17) is 0 Å². The Bertz CT molecular complexity index is 969. The van der Waals surface area contributed by atoms with E-state index in [9.17, 15) is 14.0 Å². The number of nitrogens with one attached hydrogen (secondary N) is 2. The standard InChI is InChI=1S/C23H30FN5O2/c1-3-29-22(16-7-8-16)18(13-25-29)23(31)27-20-12-17(9-10-19(20)24)26-21(30)14-28-11-5-4-6-15(28)2/h9-10,12-13,15-16H,3-8,11,14H2,1-2H3,(H,26,30)(H,27,31). The SMILES string of the molecule is CCn1ncc(C(=O)Nc2cc(NC(=O)CN3CCCCC3C)ccc2F)c1C1CC1. The number of nitrogens with zero attached hydrogens (tertiary/aromatic N) is 3. The Morgan fingerprint density at radius 1 is 1.19 bits per heavy atom. The Labute approximate surface area is 182 Å². The second kappa shape index (κ2) is 9.18. The highest BCUT2D eigenvalue weighted by Gasteiger charge is 2.32. The minimum atomic E-state index is -0.549. The predicted molar refractivity (Wildman–Crippen MR) is 118 cm³/mol. The lowest BCUT2D eigenvalue weighted by Gasteiger charge is -2.32. The van der Waals surface area contributed by atoms with Crippen LogP contribution < -0.4 is 10.6 Å². The normalized spacial score (nSPS) is 19.3. The van der Waals surface area contributed by atoms with Crippen molar-refractivity contribution in [3.05, 3.63) is 41.5 Å². The number of likely N-dealkylation sites (tertiary alicyclic amines) is 1. The van der Waals surface area contributed by atoms with Gasteiger partial charge in [0.25, 0.3) is 5.91 Å². The number of hydrogen-bond donors (Lipinski definition) is 2. The molecule has 7 nitrogen and oxygen atoms in total. The van der Waals surface area contributed by atoms with E-state index in [2.05, 4.69) is 27.6 Å². The lowest BCUT2D eigenvalue weighted by molar-refractivity contribution is -0.118. The van der Waals surface area contributed by atoms with Gasteiger partial charge in [0.1, 0.15) is 5.82 Å². The van der Waals surface area contributed by atoms with Gasteiger partial charge in [0.05, 0.1) is 29.7 Å². The van der Waals surface area contributed by atoms with Crippen molar-refractivity contribution >= 4 is 23.2 Å². The van der Waals surface area contributed by atoms with Gasteiger partial charge >= 0.3 is 0 Å². The number of aryl methyl sites for hydroxylation is 1. The van der Waals surface area contributed by atoms with E-state index in [0.29, 0.717) is 36.3 Å². The van der Waals surface area contributed by atoms with Gasteiger partial charge in [0.15, 0.2) is 0 Å². The van der Waals surface area contributed by atoms with Crippen LogP contribution in [0.25, 0.3) is 0 Å². The molecule has 1 saturated carbocycles. The van der Waals surface area contributed by atoms with Crippen molar-refractivity contribution in [2.45, 2.75) is 64.5 Å². The number of carbonyl (C=O) groups excluding carboxylic acids is 2. The fourth-order valence-electron chi connectivity index (χ4n) is 4.28. The van der Waals surface area contributed by atoms with Crippen LogP contribution in [-0.4, -0.2) is 45.6 Å². The zero-order valence-electron chi connectivity index (χ0n) is 18.2. The third-order valence-corrected chi connectivity index (χ3v) is 6.17. The summed E-state index contributed by atoms with van der Waals surface area (Å²) < 4.78 is 16.2. The van der Waals surface area contributed by atoms with Crippen molar-refractivity contribution in [1.29, 1.82) is 0 Å². The highest BCUT2D eigenvalue weighted by molar-refractivity contribution is 6.05. The van der Waals surface area contributed by atoms with Gasteiger partial charge in [-0.1, -0.05) is 6.42 Å². The largest absolute Gasteiger partial charge is 0.325 e. The zero-order valence-corrected chi connectivity index (χ0v) is 18.2. The first-order valence-corrected chi connectivity index (χ1v) is 11.2. The topological polar surface area (TPSA) is 79.3 Å². The summed E-state index contributed by atoms with van der Waals surface area (Å²) in [4.78, 5) is 27.5. The van der Waals surface area contributed by atoms with Gasteiger partial charge in [0.2, 0.25) is 5.91 Å². The van der Waals surface area contributed by atoms with Gasteiger partial charge in [-0.2, -0.15) is 5.10 Å². The molecule has 1 aromatic carbocycles. The summed E-state index contributed by atoms with van der Waals surface area (Å²) in [6.45, 7) is 6.02. The van der Waals surface area contributed by atoms with Crippen molar-refractivity contribution in [3.63, 3.8) is 0 Å². The molecule has 1 unspecified atom stereocenters. The predicted octanol–water partition coefficient (Wildman–Crippen LogP) is 3.98. The Morgan fingerprint density at radius 3 is 2.71 bits per heavy atom. The Kier molecular flexibility index (Phi) is 6.36. The van der Waals surface area contributed by atoms with E-state index in [-0.39, 0.29) is 17.5 Å². The van der Waals surface area contributed by atoms with Gasteiger partial charge in [0, 0.05) is 24.2 Å². The van der Waals surface area contributed by atoms with Crippen LogP contribution in [0.2, 0.25) is 0 Å². The third kappa shape index (κ3) is 4.95. The molecule has 0 bridgehead atoms. The molecule has 1 aliphatic heterocycles. The molecule has 0 radical (unpaired) electrons. The van der Waals surface area contributed by atoms with Crippen molar-refractivity contribution < 1.29 is 14.0 Å². The number of benzene rings is 1. The summed E-state index contributed by atoms with van der Waals surface area (Å²) in [5.74, 6) is -0.730. The smallest absolute Gasteiger partial charge is 0.259 e. The molecule has 2 aromatic rings. The van der Waals surface area contributed by atoms with Crippen molar-refractivity contribution in [1.82, 2.24) is 14.7 Å². The van der Waals surface area contributed by atoms with Crippen LogP contribution in [0.1, 0.15) is 67.9 Å². The monoisotopic (exact) mass is 427 g/mol. The molecular weight excluding hydrogens is 397 g/mol. The molecule has 1 saturated heterocycles. The molecule has 1 aliphatic carbocycles. The Morgan fingerprint density at radius 2 is 2.00 bits per heavy atom. The zero-order chi connectivity index (χ0) is 22.0. The number of anilines is 2. The number of amides is 2. The molecule has 2 amide bonds. The Hall–Kier alpha value is -2.74. The van der Waals surface area contributed by atoms with Gasteiger partial charge in [-0.05, 0) is 64.3 Å². The van der Waals surface area contributed by atoms with Gasteiger partial charge in [-0.15, -0.1) is 0 Å². The molecular formula is C23H30FN5O2. The second-order valence-corrected chi connectivity index (χ2v) is 8.55.